The Hall–Kier alpha value is -3.81. The maximum Gasteiger partial charge on any atom is 0.200 e. The normalized spacial score (nSPS) is 16.4. The molecule has 7 nitrogen and oxygen atoms in total. The predicted octanol–water partition coefficient (Wildman–Crippen LogP) is 4.95. The number of methoxy groups -OCH3 is 1. The van der Waals surface area contributed by atoms with Crippen LogP contribution in [-0.2, 0) is 0 Å². The molecule has 8 heteroatoms. The van der Waals surface area contributed by atoms with Gasteiger partial charge in [0.2, 0.25) is 5.96 Å². The van der Waals surface area contributed by atoms with Gasteiger partial charge in [0, 0.05) is 42.4 Å². The molecule has 4 rings (SSSR count). The Morgan fingerprint density at radius 3 is 2.65 bits per heavy atom. The Bertz CT molecular complexity index is 1190. The van der Waals surface area contributed by atoms with Crippen LogP contribution in [-0.4, -0.2) is 42.7 Å². The van der Waals surface area contributed by atoms with Crippen LogP contribution in [0.3, 0.4) is 0 Å². The number of benzene rings is 2. The molecule has 1 aliphatic rings. The van der Waals surface area contributed by atoms with Crippen molar-refractivity contribution in [1.82, 2.24) is 15.5 Å². The van der Waals surface area contributed by atoms with Gasteiger partial charge in [0.25, 0.3) is 0 Å². The highest BCUT2D eigenvalue weighted by Crippen LogP contribution is 2.32. The van der Waals surface area contributed by atoms with Gasteiger partial charge in [0.05, 0.1) is 19.0 Å². The summed E-state index contributed by atoms with van der Waals surface area (Å²) >= 11 is 0. The number of nitrogens with one attached hydrogen (secondary N) is 2. The highest BCUT2D eigenvalue weighted by molar-refractivity contribution is 6.08. The van der Waals surface area contributed by atoms with Crippen LogP contribution >= 0.6 is 0 Å². The first-order valence-corrected chi connectivity index (χ1v) is 11.4. The topological polar surface area (TPSA) is 83.8 Å². The number of hydrogen-bond donors (Lipinski definition) is 2. The van der Waals surface area contributed by atoms with Gasteiger partial charge >= 0.3 is 0 Å². The number of rotatable bonds is 4. The predicted molar refractivity (Wildman–Crippen MR) is 134 cm³/mol. The van der Waals surface area contributed by atoms with Crippen LogP contribution in [0.4, 0.5) is 10.1 Å². The zero-order valence-corrected chi connectivity index (χ0v) is 19.7. The Morgan fingerprint density at radius 1 is 1.09 bits per heavy atom. The summed E-state index contributed by atoms with van der Waals surface area (Å²) in [5.74, 6) is 1.93. The molecule has 0 bridgehead atoms. The van der Waals surface area contributed by atoms with Gasteiger partial charge in [0.15, 0.2) is 0 Å². The molecule has 1 unspecified atom stereocenters. The zero-order valence-electron chi connectivity index (χ0n) is 19.7. The van der Waals surface area contributed by atoms with E-state index < -0.39 is 0 Å². The Morgan fingerprint density at radius 2 is 1.91 bits per heavy atom. The summed E-state index contributed by atoms with van der Waals surface area (Å²) in [6.07, 6.45) is 4.75. The van der Waals surface area contributed by atoms with E-state index in [1.807, 2.05) is 43.3 Å². The number of ether oxygens (including phenoxy) is 1. The fourth-order valence-electron chi connectivity index (χ4n) is 4.08. The summed E-state index contributed by atoms with van der Waals surface area (Å²) in [6.45, 7) is 2.66. The fourth-order valence-corrected chi connectivity index (χ4v) is 4.08. The van der Waals surface area contributed by atoms with E-state index in [1.54, 1.807) is 20.4 Å². The van der Waals surface area contributed by atoms with E-state index in [2.05, 4.69) is 25.8 Å². The summed E-state index contributed by atoms with van der Waals surface area (Å²) in [7, 11) is 3.36. The van der Waals surface area contributed by atoms with Crippen molar-refractivity contribution in [1.29, 1.82) is 0 Å². The monoisotopic (exact) mass is 460 g/mol. The summed E-state index contributed by atoms with van der Waals surface area (Å²) < 4.78 is 19.1. The SMILES string of the molecule is CN=C(NC1=NCCCCC1c1ccc(F)cc1)Nc1ccc(-c2cnnc(C)c2)c(OC)c1. The molecule has 2 N–H and O–H groups in total. The van der Waals surface area contributed by atoms with Crippen molar-refractivity contribution >= 4 is 17.5 Å². The van der Waals surface area contributed by atoms with Gasteiger partial charge in [0.1, 0.15) is 17.4 Å². The molecule has 0 spiro atoms. The van der Waals surface area contributed by atoms with Crippen LogP contribution in [0.5, 0.6) is 5.75 Å². The molecule has 1 aromatic heterocycles. The van der Waals surface area contributed by atoms with Crippen LogP contribution in [0.2, 0.25) is 0 Å². The van der Waals surface area contributed by atoms with Crippen LogP contribution in [0, 0.1) is 12.7 Å². The maximum atomic E-state index is 13.5. The van der Waals surface area contributed by atoms with E-state index in [-0.39, 0.29) is 11.7 Å². The smallest absolute Gasteiger partial charge is 0.200 e. The van der Waals surface area contributed by atoms with Gasteiger partial charge in [-0.1, -0.05) is 18.6 Å². The van der Waals surface area contributed by atoms with Crippen LogP contribution in [0.15, 0.2) is 64.7 Å². The van der Waals surface area contributed by atoms with E-state index in [9.17, 15) is 4.39 Å². The molecule has 0 amide bonds. The van der Waals surface area contributed by atoms with Crippen molar-refractivity contribution in [2.24, 2.45) is 9.98 Å². The summed E-state index contributed by atoms with van der Waals surface area (Å²) in [5, 5.41) is 14.8. The second-order valence-corrected chi connectivity index (χ2v) is 8.19. The van der Waals surface area contributed by atoms with Crippen molar-refractivity contribution in [3.8, 4) is 16.9 Å². The van der Waals surface area contributed by atoms with Crippen molar-refractivity contribution in [3.63, 3.8) is 0 Å². The van der Waals surface area contributed by atoms with Crippen molar-refractivity contribution < 1.29 is 9.13 Å². The number of aryl methyl sites for hydroxylation is 1. The first-order chi connectivity index (χ1) is 16.6. The minimum Gasteiger partial charge on any atom is -0.496 e. The number of aromatic nitrogens is 2. The quantitative estimate of drug-likeness (QED) is 0.425. The largest absolute Gasteiger partial charge is 0.496 e. The number of anilines is 1. The van der Waals surface area contributed by atoms with Crippen molar-refractivity contribution in [2.45, 2.75) is 32.1 Å². The third-order valence-electron chi connectivity index (χ3n) is 5.81. The van der Waals surface area contributed by atoms with Gasteiger partial charge in [-0.15, -0.1) is 0 Å². The number of halogens is 1. The molecule has 3 aromatic rings. The third-order valence-corrected chi connectivity index (χ3v) is 5.81. The molecular weight excluding hydrogens is 431 g/mol. The van der Waals surface area contributed by atoms with Crippen LogP contribution in [0.25, 0.3) is 11.1 Å². The fraction of sp³-hybridized carbons (Fsp3) is 0.308. The molecule has 2 heterocycles. The van der Waals surface area contributed by atoms with Gasteiger partial charge in [-0.25, -0.2) is 4.39 Å². The third kappa shape index (κ3) is 5.57. The molecular formula is C26H29FN6O. The molecule has 0 fully saturated rings. The van der Waals surface area contributed by atoms with E-state index in [1.165, 1.54) is 12.1 Å². The van der Waals surface area contributed by atoms with Gasteiger partial charge < -0.3 is 15.4 Å². The van der Waals surface area contributed by atoms with Crippen LogP contribution in [0.1, 0.15) is 36.4 Å². The van der Waals surface area contributed by atoms with E-state index in [0.717, 1.165) is 59.7 Å². The lowest BCUT2D eigenvalue weighted by molar-refractivity contribution is 0.416. The van der Waals surface area contributed by atoms with E-state index in [0.29, 0.717) is 11.7 Å². The second-order valence-electron chi connectivity index (χ2n) is 8.19. The number of aliphatic imine (C=N–C) groups is 2. The molecule has 2 aromatic carbocycles. The lowest BCUT2D eigenvalue weighted by Crippen LogP contribution is -2.39. The van der Waals surface area contributed by atoms with Gasteiger partial charge in [-0.3, -0.25) is 9.98 Å². The molecule has 1 aliphatic heterocycles. The molecule has 0 saturated heterocycles. The standard InChI is InChI=1S/C26H29FN6O/c1-17-14-19(16-30-33-17)22-12-11-21(15-24(22)34-3)31-26(28-2)32-25-23(6-4-5-13-29-25)18-7-9-20(27)10-8-18/h7-12,14-16,23H,4-6,13H2,1-3H3,(H2,28,29,31,32). The molecule has 0 radical (unpaired) electrons. The van der Waals surface area contributed by atoms with E-state index >= 15 is 0 Å². The van der Waals surface area contributed by atoms with Gasteiger partial charge in [-0.05, 0) is 55.7 Å². The first kappa shape index (κ1) is 23.4. The molecule has 34 heavy (non-hydrogen) atoms. The molecule has 176 valence electrons. The average molecular weight is 461 g/mol. The van der Waals surface area contributed by atoms with Gasteiger partial charge in [-0.2, -0.15) is 10.2 Å². The molecule has 1 atom stereocenters. The lowest BCUT2D eigenvalue weighted by Gasteiger charge is -2.21. The lowest BCUT2D eigenvalue weighted by atomic mass is 9.93. The van der Waals surface area contributed by atoms with Crippen molar-refractivity contribution in [3.05, 3.63) is 71.8 Å². The summed E-state index contributed by atoms with van der Waals surface area (Å²) in [5.41, 5.74) is 4.57. The maximum absolute atomic E-state index is 13.5. The Balaban J connectivity index is 1.54. The second kappa shape index (κ2) is 10.9. The Kier molecular flexibility index (Phi) is 7.47. The highest BCUT2D eigenvalue weighted by Gasteiger charge is 2.22. The number of amidine groups is 1. The van der Waals surface area contributed by atoms with E-state index in [4.69, 9.17) is 9.73 Å². The summed E-state index contributed by atoms with van der Waals surface area (Å²) in [4.78, 5) is 9.17. The highest BCUT2D eigenvalue weighted by atomic mass is 19.1. The molecule has 0 aliphatic carbocycles. The Labute approximate surface area is 199 Å². The number of hydrogen-bond acceptors (Lipinski definition) is 5. The average Bonchev–Trinajstić information content (AvgIpc) is 3.09. The number of guanidine groups is 1. The summed E-state index contributed by atoms with van der Waals surface area (Å²) in [6, 6.07) is 14.5. The first-order valence-electron chi connectivity index (χ1n) is 11.4. The molecule has 0 saturated carbocycles. The van der Waals surface area contributed by atoms with Crippen LogP contribution < -0.4 is 15.4 Å². The minimum absolute atomic E-state index is 0.0565. The number of nitrogens with zero attached hydrogens (tertiary/aromatic N) is 4. The zero-order chi connectivity index (χ0) is 23.9. The minimum atomic E-state index is -0.239. The van der Waals surface area contributed by atoms with Crippen molar-refractivity contribution in [2.75, 3.05) is 26.0 Å².